The summed E-state index contributed by atoms with van der Waals surface area (Å²) in [5.74, 6) is 3.24. The third-order valence-corrected chi connectivity index (χ3v) is 6.22. The summed E-state index contributed by atoms with van der Waals surface area (Å²) in [5, 5.41) is 4.61. The van der Waals surface area contributed by atoms with Crippen LogP contribution < -0.4 is 14.8 Å². The van der Waals surface area contributed by atoms with E-state index in [2.05, 4.69) is 35.4 Å². The highest BCUT2D eigenvalue weighted by Crippen LogP contribution is 2.33. The zero-order chi connectivity index (χ0) is 20.3. The Kier molecular flexibility index (Phi) is 5.19. The quantitative estimate of drug-likeness (QED) is 0.488. The molecule has 0 aliphatic carbocycles. The Morgan fingerprint density at radius 2 is 1.83 bits per heavy atom. The number of hydrogen-bond acceptors (Lipinski definition) is 7. The summed E-state index contributed by atoms with van der Waals surface area (Å²) >= 11 is 1.73. The van der Waals surface area contributed by atoms with E-state index in [4.69, 9.17) is 19.4 Å². The molecular weight excluding hydrogens is 396 g/mol. The molecule has 0 radical (unpaired) electrons. The van der Waals surface area contributed by atoms with E-state index in [0.29, 0.717) is 13.2 Å². The number of pyridine rings is 1. The Hall–Kier alpha value is -3.19. The first-order chi connectivity index (χ1) is 14.8. The first-order valence-electron chi connectivity index (χ1n) is 10.1. The summed E-state index contributed by atoms with van der Waals surface area (Å²) in [7, 11) is 0. The van der Waals surface area contributed by atoms with Gasteiger partial charge in [-0.2, -0.15) is 0 Å². The maximum Gasteiger partial charge on any atom is 0.163 e. The van der Waals surface area contributed by atoms with Crippen molar-refractivity contribution < 1.29 is 9.47 Å². The molecule has 0 saturated carbocycles. The highest BCUT2D eigenvalue weighted by atomic mass is 32.1. The van der Waals surface area contributed by atoms with Crippen molar-refractivity contribution in [3.8, 4) is 22.9 Å². The maximum absolute atomic E-state index is 5.70. The van der Waals surface area contributed by atoms with Crippen molar-refractivity contribution in [1.29, 1.82) is 0 Å². The van der Waals surface area contributed by atoms with E-state index in [9.17, 15) is 0 Å². The third-order valence-electron chi connectivity index (χ3n) is 5.04. The fourth-order valence-corrected chi connectivity index (χ4v) is 4.45. The first kappa shape index (κ1) is 18.8. The highest BCUT2D eigenvalue weighted by molar-refractivity contribution is 7.18. The summed E-state index contributed by atoms with van der Waals surface area (Å²) in [5.41, 5.74) is 2.17. The van der Waals surface area contributed by atoms with Crippen LogP contribution in [-0.2, 0) is 12.8 Å². The number of hydrogen-bond donors (Lipinski definition) is 1. The Morgan fingerprint density at radius 1 is 1.00 bits per heavy atom. The van der Waals surface area contributed by atoms with Gasteiger partial charge in [0.05, 0.1) is 5.39 Å². The van der Waals surface area contributed by atoms with E-state index in [1.165, 1.54) is 10.4 Å². The summed E-state index contributed by atoms with van der Waals surface area (Å²) in [6.45, 7) is 4.14. The topological polar surface area (TPSA) is 69.2 Å². The Labute approximate surface area is 178 Å². The zero-order valence-electron chi connectivity index (χ0n) is 16.7. The van der Waals surface area contributed by atoms with E-state index in [1.54, 1.807) is 23.7 Å². The molecule has 7 heteroatoms. The van der Waals surface area contributed by atoms with Crippen LogP contribution in [0, 0.1) is 0 Å². The predicted octanol–water partition coefficient (Wildman–Crippen LogP) is 4.74. The van der Waals surface area contributed by atoms with Crippen LogP contribution in [0.1, 0.15) is 17.4 Å². The first-order valence-corrected chi connectivity index (χ1v) is 10.9. The number of nitrogens with one attached hydrogen (secondary N) is 1. The molecule has 4 heterocycles. The van der Waals surface area contributed by atoms with Crippen molar-refractivity contribution >= 4 is 27.4 Å². The molecule has 0 unspecified atom stereocenters. The van der Waals surface area contributed by atoms with Crippen LogP contribution in [-0.4, -0.2) is 34.7 Å². The van der Waals surface area contributed by atoms with Crippen molar-refractivity contribution in [3.05, 3.63) is 59.2 Å². The molecule has 1 N–H and O–H groups in total. The summed E-state index contributed by atoms with van der Waals surface area (Å²) in [6, 6.07) is 12.2. The van der Waals surface area contributed by atoms with Gasteiger partial charge in [-0.05, 0) is 48.7 Å². The van der Waals surface area contributed by atoms with Gasteiger partial charge in [-0.3, -0.25) is 4.98 Å². The summed E-state index contributed by atoms with van der Waals surface area (Å²) < 4.78 is 11.3. The number of nitrogens with zero attached hydrogens (tertiary/aromatic N) is 3. The van der Waals surface area contributed by atoms with Gasteiger partial charge < -0.3 is 14.8 Å². The fourth-order valence-electron chi connectivity index (χ4n) is 3.48. The Balaban J connectivity index is 1.39. The second-order valence-electron chi connectivity index (χ2n) is 7.07. The van der Waals surface area contributed by atoms with E-state index in [0.717, 1.165) is 58.3 Å². The van der Waals surface area contributed by atoms with Gasteiger partial charge in [-0.25, -0.2) is 9.97 Å². The second kappa shape index (κ2) is 8.28. The van der Waals surface area contributed by atoms with Gasteiger partial charge in [0, 0.05) is 29.4 Å². The number of anilines is 1. The van der Waals surface area contributed by atoms with Gasteiger partial charge in [0.25, 0.3) is 0 Å². The lowest BCUT2D eigenvalue weighted by Crippen LogP contribution is -2.15. The van der Waals surface area contributed by atoms with Crippen LogP contribution in [0.15, 0.2) is 48.8 Å². The number of fused-ring (bicyclic) bond motifs is 2. The average Bonchev–Trinajstić information content (AvgIpc) is 3.23. The van der Waals surface area contributed by atoms with Crippen LogP contribution in [0.25, 0.3) is 21.6 Å². The number of rotatable bonds is 6. The number of aryl methyl sites for hydroxylation is 1. The predicted molar refractivity (Wildman–Crippen MR) is 120 cm³/mol. The maximum atomic E-state index is 5.70. The fraction of sp³-hybridized carbons (Fsp3) is 0.261. The number of thiophene rings is 1. The van der Waals surface area contributed by atoms with Crippen molar-refractivity contribution in [3.63, 3.8) is 0 Å². The van der Waals surface area contributed by atoms with Crippen LogP contribution >= 0.6 is 11.3 Å². The number of ether oxygens (including phenoxy) is 2. The van der Waals surface area contributed by atoms with Crippen LogP contribution in [0.5, 0.6) is 11.5 Å². The van der Waals surface area contributed by atoms with Crippen LogP contribution in [0.3, 0.4) is 0 Å². The van der Waals surface area contributed by atoms with Gasteiger partial charge in [0.1, 0.15) is 23.9 Å². The van der Waals surface area contributed by atoms with Crippen molar-refractivity contribution in [2.24, 2.45) is 0 Å². The number of benzene rings is 1. The smallest absolute Gasteiger partial charge is 0.163 e. The standard InChI is InChI=1S/C23H22N4O2S/c1-2-17-14-18-22(26-21(27-23(18)30-17)16-6-8-24-9-7-16)25-10-5-15-3-4-19-20(13-15)29-12-11-28-19/h3-4,6-9,13-14H,2,5,10-12H2,1H3,(H,25,26,27). The van der Waals surface area contributed by atoms with Gasteiger partial charge in [0.2, 0.25) is 0 Å². The number of aromatic nitrogens is 3. The van der Waals surface area contributed by atoms with Crippen LogP contribution in [0.4, 0.5) is 5.82 Å². The third kappa shape index (κ3) is 3.80. The molecule has 30 heavy (non-hydrogen) atoms. The lowest BCUT2D eigenvalue weighted by Gasteiger charge is -2.19. The van der Waals surface area contributed by atoms with E-state index >= 15 is 0 Å². The van der Waals surface area contributed by atoms with E-state index < -0.39 is 0 Å². The Morgan fingerprint density at radius 3 is 2.67 bits per heavy atom. The summed E-state index contributed by atoms with van der Waals surface area (Å²) in [6.07, 6.45) is 5.38. The average molecular weight is 419 g/mol. The minimum Gasteiger partial charge on any atom is -0.486 e. The van der Waals surface area contributed by atoms with Gasteiger partial charge in [0.15, 0.2) is 17.3 Å². The SMILES string of the molecule is CCc1cc2c(NCCc3ccc4c(c3)OCCO4)nc(-c3ccncc3)nc2s1. The van der Waals surface area contributed by atoms with E-state index in [1.807, 2.05) is 18.2 Å². The minimum atomic E-state index is 0.601. The molecule has 1 aromatic carbocycles. The van der Waals surface area contributed by atoms with Gasteiger partial charge in [-0.15, -0.1) is 11.3 Å². The molecule has 152 valence electrons. The molecule has 0 fully saturated rings. The second-order valence-corrected chi connectivity index (χ2v) is 8.19. The van der Waals surface area contributed by atoms with Crippen molar-refractivity contribution in [1.82, 2.24) is 15.0 Å². The molecule has 6 nitrogen and oxygen atoms in total. The molecule has 3 aromatic heterocycles. The van der Waals surface area contributed by atoms with E-state index in [-0.39, 0.29) is 0 Å². The molecule has 0 spiro atoms. The molecule has 0 amide bonds. The monoisotopic (exact) mass is 418 g/mol. The van der Waals surface area contributed by atoms with Crippen molar-refractivity contribution in [2.75, 3.05) is 25.1 Å². The Bertz CT molecular complexity index is 1180. The minimum absolute atomic E-state index is 0.601. The zero-order valence-corrected chi connectivity index (χ0v) is 17.5. The molecular formula is C23H22N4O2S. The molecule has 5 rings (SSSR count). The van der Waals surface area contributed by atoms with Crippen molar-refractivity contribution in [2.45, 2.75) is 19.8 Å². The molecule has 1 aliphatic rings. The molecule has 4 aromatic rings. The summed E-state index contributed by atoms with van der Waals surface area (Å²) in [4.78, 5) is 16.0. The highest BCUT2D eigenvalue weighted by Gasteiger charge is 2.14. The molecule has 0 atom stereocenters. The lowest BCUT2D eigenvalue weighted by molar-refractivity contribution is 0.171. The lowest BCUT2D eigenvalue weighted by atomic mass is 10.1. The molecule has 0 saturated heterocycles. The largest absolute Gasteiger partial charge is 0.486 e. The van der Waals surface area contributed by atoms with Gasteiger partial charge in [-0.1, -0.05) is 13.0 Å². The normalized spacial score (nSPS) is 12.8. The molecule has 1 aliphatic heterocycles. The van der Waals surface area contributed by atoms with Crippen LogP contribution in [0.2, 0.25) is 0 Å². The van der Waals surface area contributed by atoms with Gasteiger partial charge >= 0.3 is 0 Å². The molecule has 0 bridgehead atoms.